The van der Waals surface area contributed by atoms with E-state index in [9.17, 15) is 14.7 Å². The molecular weight excluding hydrogens is 320 g/mol. The Bertz CT molecular complexity index is 781. The van der Waals surface area contributed by atoms with E-state index in [4.69, 9.17) is 4.42 Å². The molecule has 0 aliphatic carbocycles. The van der Waals surface area contributed by atoms with Crippen LogP contribution < -0.4 is 0 Å². The van der Waals surface area contributed by atoms with Crippen molar-refractivity contribution >= 4 is 11.9 Å². The number of carbonyl (C=O) groups is 2. The van der Waals surface area contributed by atoms with Crippen molar-refractivity contribution in [1.82, 2.24) is 9.80 Å². The first kappa shape index (κ1) is 17.2. The predicted molar refractivity (Wildman–Crippen MR) is 93.2 cm³/mol. The predicted octanol–water partition coefficient (Wildman–Crippen LogP) is 2.55. The quantitative estimate of drug-likeness (QED) is 0.904. The van der Waals surface area contributed by atoms with Crippen LogP contribution in [0.25, 0.3) is 11.3 Å². The highest BCUT2D eigenvalue weighted by Gasteiger charge is 2.29. The third-order valence-electron chi connectivity index (χ3n) is 4.53. The molecule has 1 amide bonds. The zero-order valence-corrected chi connectivity index (χ0v) is 14.4. The van der Waals surface area contributed by atoms with E-state index in [0.29, 0.717) is 17.9 Å². The standard InChI is InChI=1S/C19H22N2O4/c1-20(2)18(22)13-9-10-21(11-13)12-14-7-8-17(25-14)15-5-3-4-6-16(15)19(23)24/h3-8,13H,9-12H2,1-2H3,(H,23,24). The number of amides is 1. The zero-order chi connectivity index (χ0) is 18.0. The molecule has 1 aromatic carbocycles. The van der Waals surface area contributed by atoms with Crippen LogP contribution in [0, 0.1) is 5.92 Å². The van der Waals surface area contributed by atoms with Crippen LogP contribution in [0.2, 0.25) is 0 Å². The largest absolute Gasteiger partial charge is 0.478 e. The smallest absolute Gasteiger partial charge is 0.336 e. The van der Waals surface area contributed by atoms with Crippen LogP contribution in [0.5, 0.6) is 0 Å². The van der Waals surface area contributed by atoms with Crippen molar-refractivity contribution in [3.63, 3.8) is 0 Å². The Balaban J connectivity index is 1.69. The van der Waals surface area contributed by atoms with Gasteiger partial charge in [0.25, 0.3) is 0 Å². The zero-order valence-electron chi connectivity index (χ0n) is 14.4. The van der Waals surface area contributed by atoms with Crippen LogP contribution in [0.1, 0.15) is 22.5 Å². The van der Waals surface area contributed by atoms with Gasteiger partial charge in [-0.25, -0.2) is 4.79 Å². The molecule has 1 aliphatic heterocycles. The number of carbonyl (C=O) groups excluding carboxylic acids is 1. The van der Waals surface area contributed by atoms with E-state index in [1.165, 1.54) is 0 Å². The van der Waals surface area contributed by atoms with Crippen LogP contribution in [0.3, 0.4) is 0 Å². The van der Waals surface area contributed by atoms with Gasteiger partial charge in [-0.1, -0.05) is 18.2 Å². The van der Waals surface area contributed by atoms with Crippen molar-refractivity contribution < 1.29 is 19.1 Å². The van der Waals surface area contributed by atoms with E-state index in [1.54, 1.807) is 49.3 Å². The fraction of sp³-hybridized carbons (Fsp3) is 0.368. The highest BCUT2D eigenvalue weighted by molar-refractivity contribution is 5.95. The molecular formula is C19H22N2O4. The number of carboxylic acids is 1. The number of hydrogen-bond donors (Lipinski definition) is 1. The Morgan fingerprint density at radius 2 is 2.00 bits per heavy atom. The number of likely N-dealkylation sites (tertiary alicyclic amines) is 1. The molecule has 2 heterocycles. The average Bonchev–Trinajstić information content (AvgIpc) is 3.24. The second-order valence-corrected chi connectivity index (χ2v) is 6.57. The molecule has 1 aliphatic rings. The van der Waals surface area contributed by atoms with E-state index in [1.807, 2.05) is 6.07 Å². The Labute approximate surface area is 146 Å². The number of hydrogen-bond acceptors (Lipinski definition) is 4. The minimum absolute atomic E-state index is 0.0390. The Morgan fingerprint density at radius 1 is 1.24 bits per heavy atom. The van der Waals surface area contributed by atoms with Crippen molar-refractivity contribution in [2.24, 2.45) is 5.92 Å². The second-order valence-electron chi connectivity index (χ2n) is 6.57. The fourth-order valence-electron chi connectivity index (χ4n) is 3.26. The molecule has 2 aromatic rings. The first-order valence-corrected chi connectivity index (χ1v) is 8.30. The minimum atomic E-state index is -0.974. The van der Waals surface area contributed by atoms with Gasteiger partial charge in [-0.05, 0) is 31.2 Å². The normalized spacial score (nSPS) is 17.6. The van der Waals surface area contributed by atoms with Gasteiger partial charge in [0, 0.05) is 26.2 Å². The van der Waals surface area contributed by atoms with E-state index in [0.717, 1.165) is 25.3 Å². The summed E-state index contributed by atoms with van der Waals surface area (Å²) in [4.78, 5) is 27.2. The van der Waals surface area contributed by atoms with Crippen molar-refractivity contribution in [2.75, 3.05) is 27.2 Å². The second kappa shape index (κ2) is 7.11. The van der Waals surface area contributed by atoms with E-state index in [2.05, 4.69) is 4.90 Å². The summed E-state index contributed by atoms with van der Waals surface area (Å²) < 4.78 is 5.87. The topological polar surface area (TPSA) is 74.0 Å². The highest BCUT2D eigenvalue weighted by atomic mass is 16.4. The lowest BCUT2D eigenvalue weighted by molar-refractivity contribution is -0.132. The lowest BCUT2D eigenvalue weighted by Crippen LogP contribution is -2.31. The summed E-state index contributed by atoms with van der Waals surface area (Å²) in [5, 5.41) is 9.30. The summed E-state index contributed by atoms with van der Waals surface area (Å²) in [7, 11) is 3.56. The Morgan fingerprint density at radius 3 is 2.72 bits per heavy atom. The van der Waals surface area contributed by atoms with Gasteiger partial charge in [-0.3, -0.25) is 9.69 Å². The van der Waals surface area contributed by atoms with Gasteiger partial charge in [0.05, 0.1) is 18.0 Å². The monoisotopic (exact) mass is 342 g/mol. The van der Waals surface area contributed by atoms with Crippen LogP contribution >= 0.6 is 0 Å². The van der Waals surface area contributed by atoms with Crippen molar-refractivity contribution in [1.29, 1.82) is 0 Å². The number of nitrogens with zero attached hydrogens (tertiary/aromatic N) is 2. The number of carboxylic acid groups (broad SMARTS) is 1. The maximum atomic E-state index is 12.1. The highest BCUT2D eigenvalue weighted by Crippen LogP contribution is 2.27. The molecule has 0 saturated carbocycles. The van der Waals surface area contributed by atoms with E-state index in [-0.39, 0.29) is 17.4 Å². The molecule has 1 atom stereocenters. The maximum absolute atomic E-state index is 12.1. The van der Waals surface area contributed by atoms with Gasteiger partial charge in [-0.2, -0.15) is 0 Å². The van der Waals surface area contributed by atoms with Gasteiger partial charge >= 0.3 is 5.97 Å². The van der Waals surface area contributed by atoms with E-state index < -0.39 is 5.97 Å². The number of aromatic carboxylic acids is 1. The maximum Gasteiger partial charge on any atom is 0.336 e. The molecule has 1 fully saturated rings. The molecule has 25 heavy (non-hydrogen) atoms. The molecule has 1 N–H and O–H groups in total. The van der Waals surface area contributed by atoms with Crippen LogP contribution in [0.4, 0.5) is 0 Å². The number of rotatable bonds is 5. The van der Waals surface area contributed by atoms with Crippen LogP contribution in [0.15, 0.2) is 40.8 Å². The average molecular weight is 342 g/mol. The first-order valence-electron chi connectivity index (χ1n) is 8.30. The van der Waals surface area contributed by atoms with Gasteiger partial charge in [0.1, 0.15) is 11.5 Å². The van der Waals surface area contributed by atoms with Crippen molar-refractivity contribution in [2.45, 2.75) is 13.0 Å². The molecule has 0 radical (unpaired) electrons. The number of furan rings is 1. The lowest BCUT2D eigenvalue weighted by Gasteiger charge is -2.17. The molecule has 0 bridgehead atoms. The molecule has 0 spiro atoms. The molecule has 1 unspecified atom stereocenters. The third kappa shape index (κ3) is 3.74. The first-order chi connectivity index (χ1) is 12.0. The van der Waals surface area contributed by atoms with E-state index >= 15 is 0 Å². The summed E-state index contributed by atoms with van der Waals surface area (Å²) in [6.07, 6.45) is 0.854. The van der Waals surface area contributed by atoms with Crippen molar-refractivity contribution in [3.8, 4) is 11.3 Å². The fourth-order valence-corrected chi connectivity index (χ4v) is 3.26. The Kier molecular flexibility index (Phi) is 4.90. The minimum Gasteiger partial charge on any atom is -0.478 e. The summed E-state index contributed by atoms with van der Waals surface area (Å²) in [6, 6.07) is 10.5. The van der Waals surface area contributed by atoms with Gasteiger partial charge < -0.3 is 14.4 Å². The molecule has 1 saturated heterocycles. The summed E-state index contributed by atoms with van der Waals surface area (Å²) in [5.74, 6) is 0.551. The molecule has 1 aromatic heterocycles. The number of benzene rings is 1. The Hall–Kier alpha value is -2.60. The van der Waals surface area contributed by atoms with Crippen molar-refractivity contribution in [3.05, 3.63) is 47.7 Å². The third-order valence-corrected chi connectivity index (χ3v) is 4.53. The van der Waals surface area contributed by atoms with Gasteiger partial charge in [0.15, 0.2) is 0 Å². The van der Waals surface area contributed by atoms with Gasteiger partial charge in [-0.15, -0.1) is 0 Å². The summed E-state index contributed by atoms with van der Waals surface area (Å²) in [5.41, 5.74) is 0.796. The van der Waals surface area contributed by atoms with Crippen LogP contribution in [-0.4, -0.2) is 54.0 Å². The molecule has 6 heteroatoms. The van der Waals surface area contributed by atoms with Crippen LogP contribution in [-0.2, 0) is 11.3 Å². The molecule has 3 rings (SSSR count). The molecule has 6 nitrogen and oxygen atoms in total. The molecule has 132 valence electrons. The SMILES string of the molecule is CN(C)C(=O)C1CCN(Cc2ccc(-c3ccccc3C(=O)O)o2)C1. The summed E-state index contributed by atoms with van der Waals surface area (Å²) in [6.45, 7) is 2.19. The lowest BCUT2D eigenvalue weighted by atomic mass is 10.1. The summed E-state index contributed by atoms with van der Waals surface area (Å²) >= 11 is 0. The van der Waals surface area contributed by atoms with Gasteiger partial charge in [0.2, 0.25) is 5.91 Å².